The van der Waals surface area contributed by atoms with Crippen LogP contribution in [0.15, 0.2) is 29.3 Å². The number of ketones is 1. The average molecular weight is 512 g/mol. The first-order valence-corrected chi connectivity index (χ1v) is 11.2. The third-order valence-corrected chi connectivity index (χ3v) is 6.07. The lowest BCUT2D eigenvalue weighted by Crippen LogP contribution is -2.13. The summed E-state index contributed by atoms with van der Waals surface area (Å²) in [6, 6.07) is 3.31. The van der Waals surface area contributed by atoms with Crippen LogP contribution in [0.1, 0.15) is 53.0 Å². The Labute approximate surface area is 208 Å². The van der Waals surface area contributed by atoms with Crippen LogP contribution in [0.4, 0.5) is 17.1 Å². The van der Waals surface area contributed by atoms with Gasteiger partial charge in [0.05, 0.1) is 44.6 Å². The highest BCUT2D eigenvalue weighted by Crippen LogP contribution is 2.47. The Bertz CT molecular complexity index is 1400. The molecule has 0 fully saturated rings. The van der Waals surface area contributed by atoms with E-state index in [2.05, 4.69) is 4.99 Å². The van der Waals surface area contributed by atoms with E-state index in [0.29, 0.717) is 37.3 Å². The smallest absolute Gasteiger partial charge is 0.339 e. The molecule has 0 amide bonds. The van der Waals surface area contributed by atoms with Crippen LogP contribution in [0.5, 0.6) is 0 Å². The number of carbonyl (C=O) groups is 2. The molecule has 4 rings (SSSR count). The van der Waals surface area contributed by atoms with Crippen molar-refractivity contribution in [2.45, 2.75) is 32.7 Å². The average Bonchev–Trinajstić information content (AvgIpc) is 3.44. The van der Waals surface area contributed by atoms with Crippen LogP contribution in [0.25, 0.3) is 11.1 Å². The van der Waals surface area contributed by atoms with Crippen molar-refractivity contribution in [2.24, 2.45) is 10.9 Å². The normalized spacial score (nSPS) is 15.6. The molecule has 2 aliphatic rings. The van der Waals surface area contributed by atoms with Gasteiger partial charge in [-0.3, -0.25) is 35.1 Å². The van der Waals surface area contributed by atoms with Crippen molar-refractivity contribution in [1.29, 1.82) is 0 Å². The Kier molecular flexibility index (Phi) is 6.66. The fourth-order valence-electron chi connectivity index (χ4n) is 4.18. The summed E-state index contributed by atoms with van der Waals surface area (Å²) < 4.78 is 10.8. The predicted molar refractivity (Wildman–Crippen MR) is 127 cm³/mol. The number of nitro groups is 3. The molecule has 1 aliphatic carbocycles. The lowest BCUT2D eigenvalue weighted by molar-refractivity contribution is -0.393. The van der Waals surface area contributed by atoms with E-state index < -0.39 is 54.7 Å². The highest BCUT2D eigenvalue weighted by atomic mass is 16.6. The van der Waals surface area contributed by atoms with E-state index in [1.165, 1.54) is 0 Å². The lowest BCUT2D eigenvalue weighted by atomic mass is 9.97. The number of carbonyl (C=O) groups excluding carboxylic acids is 2. The summed E-state index contributed by atoms with van der Waals surface area (Å²) in [4.78, 5) is 62.3. The highest BCUT2D eigenvalue weighted by molar-refractivity contribution is 6.26. The van der Waals surface area contributed by atoms with E-state index in [0.717, 1.165) is 18.2 Å². The number of benzene rings is 2. The summed E-state index contributed by atoms with van der Waals surface area (Å²) in [7, 11) is 0. The minimum absolute atomic E-state index is 0.0502. The third kappa shape index (κ3) is 4.72. The summed E-state index contributed by atoms with van der Waals surface area (Å²) in [6.07, 6.45) is 0.717. The molecular formula is C23H20N4O10. The molecule has 2 aromatic carbocycles. The standard InChI is InChI=1S/C23H20N4O10/c1-11(2)17-10-37-19(24-17)4-3-5-36-23(29)16-8-12(25(30)31)6-14-20(16)21-15(22(14)28)7-13(26(32)33)9-18(21)27(34)35/h6-9,11,17H,3-5,10H2,1-2H3/t17-/m1/s1. The Hall–Kier alpha value is -4.75. The molecule has 0 N–H and O–H groups in total. The molecule has 2 aromatic rings. The SMILES string of the molecule is CC(C)[C@H]1COC(CCCOC(=O)c2cc([N+](=O)[O-])cc3c2-c2c(cc([N+](=O)[O-])cc2[N+](=O)[O-])C3=O)=N1. The van der Waals surface area contributed by atoms with E-state index >= 15 is 0 Å². The zero-order chi connectivity index (χ0) is 27.0. The maximum Gasteiger partial charge on any atom is 0.339 e. The van der Waals surface area contributed by atoms with E-state index in [1.807, 2.05) is 13.8 Å². The number of esters is 1. The van der Waals surface area contributed by atoms with Gasteiger partial charge >= 0.3 is 5.97 Å². The molecule has 0 bridgehead atoms. The van der Waals surface area contributed by atoms with Gasteiger partial charge in [-0.25, -0.2) is 9.79 Å². The van der Waals surface area contributed by atoms with Gasteiger partial charge < -0.3 is 9.47 Å². The molecule has 1 atom stereocenters. The highest BCUT2D eigenvalue weighted by Gasteiger charge is 2.40. The topological polar surface area (TPSA) is 194 Å². The minimum Gasteiger partial charge on any atom is -0.479 e. The van der Waals surface area contributed by atoms with Crippen molar-refractivity contribution in [3.05, 3.63) is 71.3 Å². The van der Waals surface area contributed by atoms with Gasteiger partial charge in [0, 0.05) is 41.3 Å². The summed E-state index contributed by atoms with van der Waals surface area (Å²) in [5.41, 5.74) is -3.85. The monoisotopic (exact) mass is 512 g/mol. The number of hydrogen-bond donors (Lipinski definition) is 0. The number of rotatable bonds is 9. The molecule has 0 aromatic heterocycles. The maximum atomic E-state index is 13.0. The maximum absolute atomic E-state index is 13.0. The Balaban J connectivity index is 1.67. The van der Waals surface area contributed by atoms with Crippen molar-refractivity contribution in [3.63, 3.8) is 0 Å². The van der Waals surface area contributed by atoms with Gasteiger partial charge in [0.1, 0.15) is 6.61 Å². The molecule has 1 heterocycles. The fourth-order valence-corrected chi connectivity index (χ4v) is 4.18. The van der Waals surface area contributed by atoms with Crippen molar-refractivity contribution in [3.8, 4) is 11.1 Å². The summed E-state index contributed by atoms with van der Waals surface area (Å²) in [5, 5.41) is 34.5. The predicted octanol–water partition coefficient (Wildman–Crippen LogP) is 4.01. The van der Waals surface area contributed by atoms with Crippen LogP contribution in [0.2, 0.25) is 0 Å². The molecule has 0 spiro atoms. The summed E-state index contributed by atoms with van der Waals surface area (Å²) in [5.74, 6) is -1.11. The molecule has 0 saturated heterocycles. The minimum atomic E-state index is -1.04. The second kappa shape index (κ2) is 9.72. The van der Waals surface area contributed by atoms with E-state index in [4.69, 9.17) is 9.47 Å². The quantitative estimate of drug-likeness (QED) is 0.175. The van der Waals surface area contributed by atoms with Crippen LogP contribution in [0, 0.1) is 36.3 Å². The fraction of sp³-hybridized carbons (Fsp3) is 0.348. The molecule has 0 saturated carbocycles. The molecule has 192 valence electrons. The van der Waals surface area contributed by atoms with Crippen LogP contribution in [-0.2, 0) is 9.47 Å². The second-order valence-corrected chi connectivity index (χ2v) is 8.79. The summed E-state index contributed by atoms with van der Waals surface area (Å²) in [6.45, 7) is 4.39. The number of fused-ring (bicyclic) bond motifs is 3. The van der Waals surface area contributed by atoms with Crippen molar-refractivity contribution in [2.75, 3.05) is 13.2 Å². The van der Waals surface area contributed by atoms with Gasteiger partial charge in [-0.05, 0) is 12.3 Å². The largest absolute Gasteiger partial charge is 0.479 e. The molecular weight excluding hydrogens is 492 g/mol. The van der Waals surface area contributed by atoms with Crippen molar-refractivity contribution in [1.82, 2.24) is 0 Å². The second-order valence-electron chi connectivity index (χ2n) is 8.79. The first-order valence-electron chi connectivity index (χ1n) is 11.2. The van der Waals surface area contributed by atoms with Crippen LogP contribution < -0.4 is 0 Å². The molecule has 37 heavy (non-hydrogen) atoms. The van der Waals surface area contributed by atoms with Crippen molar-refractivity contribution >= 4 is 34.7 Å². The number of hydrogen-bond acceptors (Lipinski definition) is 11. The van der Waals surface area contributed by atoms with Gasteiger partial charge in [-0.2, -0.15) is 0 Å². The molecule has 1 aliphatic heterocycles. The third-order valence-electron chi connectivity index (χ3n) is 6.07. The van der Waals surface area contributed by atoms with Gasteiger partial charge in [0.2, 0.25) is 0 Å². The first kappa shape index (κ1) is 25.3. The zero-order valence-corrected chi connectivity index (χ0v) is 19.7. The summed E-state index contributed by atoms with van der Waals surface area (Å²) >= 11 is 0. The molecule has 14 nitrogen and oxygen atoms in total. The number of aliphatic imine (C=N–C) groups is 1. The first-order chi connectivity index (χ1) is 17.5. The van der Waals surface area contributed by atoms with Gasteiger partial charge in [0.25, 0.3) is 17.1 Å². The molecule has 14 heteroatoms. The Morgan fingerprint density at radius 2 is 1.65 bits per heavy atom. The van der Waals surface area contributed by atoms with E-state index in [9.17, 15) is 39.9 Å². The van der Waals surface area contributed by atoms with Crippen molar-refractivity contribution < 1.29 is 33.8 Å². The van der Waals surface area contributed by atoms with Crippen LogP contribution >= 0.6 is 0 Å². The molecule has 0 radical (unpaired) electrons. The number of ether oxygens (including phenoxy) is 2. The van der Waals surface area contributed by atoms with E-state index in [-0.39, 0.29) is 29.3 Å². The van der Waals surface area contributed by atoms with Crippen LogP contribution in [-0.4, -0.2) is 51.7 Å². The van der Waals surface area contributed by atoms with E-state index in [1.54, 1.807) is 0 Å². The van der Waals surface area contributed by atoms with Gasteiger partial charge in [-0.1, -0.05) is 13.8 Å². The number of nitro benzene ring substituents is 3. The van der Waals surface area contributed by atoms with Gasteiger partial charge in [0.15, 0.2) is 11.7 Å². The number of nitrogens with zero attached hydrogens (tertiary/aromatic N) is 4. The Morgan fingerprint density at radius 3 is 2.22 bits per heavy atom. The lowest BCUT2D eigenvalue weighted by Gasteiger charge is -2.10. The Morgan fingerprint density at radius 1 is 1.03 bits per heavy atom. The zero-order valence-electron chi connectivity index (χ0n) is 19.7. The number of non-ortho nitro benzene ring substituents is 2. The van der Waals surface area contributed by atoms with Gasteiger partial charge in [-0.15, -0.1) is 0 Å². The molecule has 0 unspecified atom stereocenters. The van der Waals surface area contributed by atoms with Crippen LogP contribution in [0.3, 0.4) is 0 Å².